The molecule has 1 rings (SSSR count). The number of aryl methyl sites for hydroxylation is 1. The second-order valence-corrected chi connectivity index (χ2v) is 2.32. The maximum atomic E-state index is 5.04. The molecule has 0 aromatic heterocycles. The minimum Gasteiger partial charge on any atom is -0.491 e. The molecule has 10 heavy (non-hydrogen) atoms. The first-order valence-electron chi connectivity index (χ1n) is 3.20. The second-order valence-electron chi connectivity index (χ2n) is 2.32. The van der Waals surface area contributed by atoms with Crippen LogP contribution >= 0.6 is 0 Å². The van der Waals surface area contributed by atoms with E-state index in [9.17, 15) is 0 Å². The number of rotatable bonds is 1. The van der Waals surface area contributed by atoms with E-state index in [1.165, 1.54) is 5.56 Å². The normalized spacial score (nSPS) is 9.50. The van der Waals surface area contributed by atoms with Gasteiger partial charge in [-0.15, -0.1) is 0 Å². The Morgan fingerprint density at radius 2 is 2.10 bits per heavy atom. The molecule has 0 spiro atoms. The lowest BCUT2D eigenvalue weighted by Gasteiger charge is -2.00. The summed E-state index contributed by atoms with van der Waals surface area (Å²) in [6.45, 7) is 2.04. The summed E-state index contributed by atoms with van der Waals surface area (Å²) >= 11 is 0. The van der Waals surface area contributed by atoms with Gasteiger partial charge in [0.1, 0.15) is 0 Å². The predicted octanol–water partition coefficient (Wildman–Crippen LogP) is 0.877. The minimum atomic E-state index is 0.852. The highest BCUT2D eigenvalue weighted by Crippen LogP contribution is 2.19. The van der Waals surface area contributed by atoms with Crippen molar-refractivity contribution < 1.29 is 10.5 Å². The monoisotopic (exact) mass is 138 g/mol. The molecule has 3 N–H and O–H groups in total. The van der Waals surface area contributed by atoms with Gasteiger partial charge in [0.25, 0.3) is 0 Å². The molecule has 1 aromatic carbocycles. The standard InChI is InChI=1S/C8H11NO/c1-6-3-4-8(10-2)7(9)5-6/h3-5H,9H2,1-2H3/p+1. The molecule has 54 valence electrons. The summed E-state index contributed by atoms with van der Waals surface area (Å²) in [5, 5.41) is 0. The van der Waals surface area contributed by atoms with E-state index >= 15 is 0 Å². The average molecular weight is 138 g/mol. The maximum Gasteiger partial charge on any atom is 0.179 e. The largest absolute Gasteiger partial charge is 0.491 e. The van der Waals surface area contributed by atoms with Crippen molar-refractivity contribution in [3.05, 3.63) is 23.8 Å². The van der Waals surface area contributed by atoms with Crippen LogP contribution < -0.4 is 10.5 Å². The summed E-state index contributed by atoms with van der Waals surface area (Å²) in [7, 11) is 1.65. The molecule has 0 saturated heterocycles. The van der Waals surface area contributed by atoms with Crippen molar-refractivity contribution >= 4 is 5.69 Å². The lowest BCUT2D eigenvalue weighted by Crippen LogP contribution is -2.40. The molecule has 2 heteroatoms. The molecule has 0 amide bonds. The smallest absolute Gasteiger partial charge is 0.179 e. The molecule has 0 aliphatic heterocycles. The van der Waals surface area contributed by atoms with Crippen molar-refractivity contribution in [3.63, 3.8) is 0 Å². The summed E-state index contributed by atoms with van der Waals surface area (Å²) in [6.07, 6.45) is 0. The molecule has 0 bridgehead atoms. The molecule has 2 nitrogen and oxygen atoms in total. The molecule has 0 heterocycles. The Bertz CT molecular complexity index is 233. The van der Waals surface area contributed by atoms with Crippen molar-refractivity contribution in [3.8, 4) is 5.75 Å². The lowest BCUT2D eigenvalue weighted by molar-refractivity contribution is -0.256. The van der Waals surface area contributed by atoms with Crippen LogP contribution in [-0.4, -0.2) is 7.11 Å². The second kappa shape index (κ2) is 2.71. The highest BCUT2D eigenvalue weighted by atomic mass is 16.5. The summed E-state index contributed by atoms with van der Waals surface area (Å²) < 4.78 is 5.04. The fourth-order valence-electron chi connectivity index (χ4n) is 0.907. The van der Waals surface area contributed by atoms with Crippen molar-refractivity contribution in [2.45, 2.75) is 6.92 Å². The number of hydrogen-bond acceptors (Lipinski definition) is 1. The summed E-state index contributed by atoms with van der Waals surface area (Å²) in [5.74, 6) is 0.852. The van der Waals surface area contributed by atoms with E-state index in [1.54, 1.807) is 7.11 Å². The molecule has 0 aliphatic rings. The van der Waals surface area contributed by atoms with Crippen LogP contribution in [-0.2, 0) is 0 Å². The third kappa shape index (κ3) is 1.28. The Hall–Kier alpha value is -1.02. The van der Waals surface area contributed by atoms with Crippen LogP contribution in [0, 0.1) is 6.92 Å². The molecule has 0 aliphatic carbocycles. The lowest BCUT2D eigenvalue weighted by atomic mass is 10.2. The number of methoxy groups -OCH3 is 1. The Labute approximate surface area is 60.6 Å². The van der Waals surface area contributed by atoms with Crippen molar-refractivity contribution in [2.24, 2.45) is 0 Å². The minimum absolute atomic E-state index is 0.852. The fourth-order valence-corrected chi connectivity index (χ4v) is 0.907. The highest BCUT2D eigenvalue weighted by Gasteiger charge is 1.99. The van der Waals surface area contributed by atoms with Crippen LogP contribution in [0.3, 0.4) is 0 Å². The van der Waals surface area contributed by atoms with Gasteiger partial charge in [-0.05, 0) is 18.6 Å². The third-order valence-corrected chi connectivity index (χ3v) is 1.44. The molecule has 1 aromatic rings. The van der Waals surface area contributed by atoms with Gasteiger partial charge in [-0.1, -0.05) is 6.07 Å². The first kappa shape index (κ1) is 7.09. The zero-order valence-corrected chi connectivity index (χ0v) is 6.35. The van der Waals surface area contributed by atoms with Crippen LogP contribution in [0.25, 0.3) is 0 Å². The van der Waals surface area contributed by atoms with Gasteiger partial charge in [0, 0.05) is 6.07 Å². The SMILES string of the molecule is COc1ccc(C)cc1[NH3+]. The Kier molecular flexibility index (Phi) is 1.92. The number of benzene rings is 1. The topological polar surface area (TPSA) is 36.9 Å². The van der Waals surface area contributed by atoms with Gasteiger partial charge in [-0.2, -0.15) is 0 Å². The van der Waals surface area contributed by atoms with E-state index in [0.29, 0.717) is 0 Å². The van der Waals surface area contributed by atoms with Crippen molar-refractivity contribution in [1.29, 1.82) is 0 Å². The summed E-state index contributed by atoms with van der Waals surface area (Å²) in [6, 6.07) is 5.93. The van der Waals surface area contributed by atoms with Crippen molar-refractivity contribution in [2.75, 3.05) is 7.11 Å². The fraction of sp³-hybridized carbons (Fsp3) is 0.250. The van der Waals surface area contributed by atoms with E-state index in [-0.39, 0.29) is 0 Å². The number of hydrogen-bond donors (Lipinski definition) is 1. The highest BCUT2D eigenvalue weighted by molar-refractivity contribution is 5.46. The van der Waals surface area contributed by atoms with E-state index in [4.69, 9.17) is 4.74 Å². The van der Waals surface area contributed by atoms with E-state index in [0.717, 1.165) is 11.4 Å². The molecule has 0 unspecified atom stereocenters. The molecular formula is C8H12NO+. The predicted molar refractivity (Wildman–Crippen MR) is 40.3 cm³/mol. The maximum absolute atomic E-state index is 5.04. The number of quaternary nitrogens is 1. The van der Waals surface area contributed by atoms with Gasteiger partial charge in [0.15, 0.2) is 11.4 Å². The molecule has 0 radical (unpaired) electrons. The first-order valence-corrected chi connectivity index (χ1v) is 3.20. The van der Waals surface area contributed by atoms with Gasteiger partial charge in [0.05, 0.1) is 7.11 Å². The van der Waals surface area contributed by atoms with Gasteiger partial charge in [-0.3, -0.25) is 0 Å². The zero-order valence-electron chi connectivity index (χ0n) is 6.35. The molecule has 0 atom stereocenters. The Balaban J connectivity index is 3.07. The van der Waals surface area contributed by atoms with Gasteiger partial charge in [0.2, 0.25) is 0 Å². The van der Waals surface area contributed by atoms with Gasteiger partial charge >= 0.3 is 0 Å². The van der Waals surface area contributed by atoms with Crippen molar-refractivity contribution in [1.82, 2.24) is 0 Å². The van der Waals surface area contributed by atoms with Crippen LogP contribution in [0.1, 0.15) is 5.56 Å². The zero-order chi connectivity index (χ0) is 7.56. The van der Waals surface area contributed by atoms with E-state index in [2.05, 4.69) is 5.73 Å². The van der Waals surface area contributed by atoms with Crippen LogP contribution in [0.4, 0.5) is 5.69 Å². The molecule has 0 saturated carbocycles. The Morgan fingerprint density at radius 1 is 1.40 bits per heavy atom. The van der Waals surface area contributed by atoms with Crippen LogP contribution in [0.2, 0.25) is 0 Å². The number of ether oxygens (including phenoxy) is 1. The van der Waals surface area contributed by atoms with E-state index < -0.39 is 0 Å². The van der Waals surface area contributed by atoms with E-state index in [1.807, 2.05) is 25.1 Å². The Morgan fingerprint density at radius 3 is 2.60 bits per heavy atom. The van der Waals surface area contributed by atoms with Gasteiger partial charge in [-0.25, -0.2) is 0 Å². The summed E-state index contributed by atoms with van der Waals surface area (Å²) in [5.41, 5.74) is 5.99. The van der Waals surface area contributed by atoms with Crippen LogP contribution in [0.5, 0.6) is 5.75 Å². The molecular weight excluding hydrogens is 126 g/mol. The first-order chi connectivity index (χ1) is 4.74. The quantitative estimate of drug-likeness (QED) is 0.614. The van der Waals surface area contributed by atoms with Crippen LogP contribution in [0.15, 0.2) is 18.2 Å². The average Bonchev–Trinajstić information content (AvgIpc) is 1.88. The third-order valence-electron chi connectivity index (χ3n) is 1.44. The van der Waals surface area contributed by atoms with Gasteiger partial charge < -0.3 is 10.5 Å². The molecule has 0 fully saturated rings. The summed E-state index contributed by atoms with van der Waals surface area (Å²) in [4.78, 5) is 0.